The number of nitrogens with one attached hydrogen (secondary N) is 2. The first-order valence-electron chi connectivity index (χ1n) is 18.3. The number of carbonyl (C=O) groups is 4. The summed E-state index contributed by atoms with van der Waals surface area (Å²) in [6.07, 6.45) is 4.31. The van der Waals surface area contributed by atoms with Gasteiger partial charge in [-0.05, 0) is 65.5 Å². The summed E-state index contributed by atoms with van der Waals surface area (Å²) >= 11 is 0. The molecule has 1 aliphatic carbocycles. The molecule has 13 nitrogen and oxygen atoms in total. The number of hydrazine groups is 1. The van der Waals surface area contributed by atoms with Crippen LogP contribution in [0.5, 0.6) is 11.5 Å². The topological polar surface area (TPSA) is 149 Å². The van der Waals surface area contributed by atoms with E-state index in [1.165, 1.54) is 9.91 Å². The van der Waals surface area contributed by atoms with E-state index in [1.54, 1.807) is 47.0 Å². The zero-order chi connectivity index (χ0) is 39.0. The molecule has 288 valence electrons. The van der Waals surface area contributed by atoms with E-state index in [4.69, 9.17) is 23.9 Å². The number of allylic oxidation sites excluding steroid dienone is 1. The molecule has 2 aromatic carbocycles. The molecule has 2 heterocycles. The zero-order valence-electron chi connectivity index (χ0n) is 31.8. The lowest BCUT2D eigenvalue weighted by Crippen LogP contribution is -2.58. The first-order chi connectivity index (χ1) is 25.8. The number of esters is 1. The lowest BCUT2D eigenvalue weighted by Gasteiger charge is -2.32. The molecule has 1 saturated carbocycles. The third-order valence-electron chi connectivity index (χ3n) is 9.33. The molecule has 0 spiro atoms. The molecule has 4 atom stereocenters. The molecule has 5 rings (SSSR count). The van der Waals surface area contributed by atoms with Gasteiger partial charge in [-0.1, -0.05) is 42.5 Å². The maximum absolute atomic E-state index is 14.5. The van der Waals surface area contributed by atoms with Crippen LogP contribution in [0.1, 0.15) is 59.8 Å². The summed E-state index contributed by atoms with van der Waals surface area (Å²) in [6, 6.07) is 15.3. The molecule has 1 saturated heterocycles. The number of hydrogen-bond acceptors (Lipinski definition) is 9. The van der Waals surface area contributed by atoms with Crippen LogP contribution in [0, 0.1) is 5.92 Å². The van der Waals surface area contributed by atoms with Crippen LogP contribution in [-0.4, -0.2) is 89.0 Å². The number of carbonyl (C=O) groups excluding carboxylic acids is 4. The van der Waals surface area contributed by atoms with Gasteiger partial charge in [-0.2, -0.15) is 0 Å². The number of unbranched alkanes of at least 4 members (excludes halogenated alkanes) is 2. The van der Waals surface area contributed by atoms with Crippen molar-refractivity contribution >= 4 is 34.9 Å². The Morgan fingerprint density at radius 3 is 2.48 bits per heavy atom. The van der Waals surface area contributed by atoms with Crippen molar-refractivity contribution in [2.75, 3.05) is 26.8 Å². The van der Waals surface area contributed by atoms with Crippen LogP contribution in [0.15, 0.2) is 79.9 Å². The molecule has 13 heteroatoms. The van der Waals surface area contributed by atoms with E-state index in [2.05, 4.69) is 23.9 Å². The standard InChI is InChI=1S/C41H51N5O8/c1-8-11-12-16-21-46(44-38(49)54-40(4,5)6)39(50)45-26-30(23-34(45)36(47)43-41(25-28(41)9-2)37(48)52-10-3)53-35-24-32(27-17-14-13-15-18-27)42-33-22-29(51-7)19-20-31(33)35/h8-9,13-15,17-20,22,24,28,30,34H,1-2,10-12,16,21,23,25-26H2,3-7H3,(H,43,47)(H,44,49). The van der Waals surface area contributed by atoms with Crippen LogP contribution in [-0.2, 0) is 19.1 Å². The van der Waals surface area contributed by atoms with Crippen LogP contribution < -0.4 is 20.2 Å². The van der Waals surface area contributed by atoms with Gasteiger partial charge >= 0.3 is 18.1 Å². The molecule has 0 bridgehead atoms. The van der Waals surface area contributed by atoms with Crippen molar-refractivity contribution in [1.82, 2.24) is 25.6 Å². The molecule has 54 heavy (non-hydrogen) atoms. The van der Waals surface area contributed by atoms with Gasteiger partial charge in [0.2, 0.25) is 5.91 Å². The summed E-state index contributed by atoms with van der Waals surface area (Å²) in [6.45, 7) is 14.7. The van der Waals surface area contributed by atoms with Crippen molar-refractivity contribution in [1.29, 1.82) is 0 Å². The smallest absolute Gasteiger partial charge is 0.426 e. The average Bonchev–Trinajstić information content (AvgIpc) is 3.70. The summed E-state index contributed by atoms with van der Waals surface area (Å²) in [4.78, 5) is 61.1. The molecular weight excluding hydrogens is 690 g/mol. The summed E-state index contributed by atoms with van der Waals surface area (Å²) in [5.74, 6) is -0.311. The predicted octanol–water partition coefficient (Wildman–Crippen LogP) is 6.57. The summed E-state index contributed by atoms with van der Waals surface area (Å²) < 4.78 is 23.0. The van der Waals surface area contributed by atoms with Gasteiger partial charge in [0.1, 0.15) is 34.8 Å². The Morgan fingerprint density at radius 1 is 1.07 bits per heavy atom. The second-order valence-electron chi connectivity index (χ2n) is 14.5. The fourth-order valence-corrected chi connectivity index (χ4v) is 6.57. The van der Waals surface area contributed by atoms with E-state index in [9.17, 15) is 19.2 Å². The van der Waals surface area contributed by atoms with Crippen molar-refractivity contribution in [2.24, 2.45) is 5.92 Å². The molecule has 4 unspecified atom stereocenters. The van der Waals surface area contributed by atoms with Gasteiger partial charge in [0.15, 0.2) is 0 Å². The quantitative estimate of drug-likeness (QED) is 0.0810. The lowest BCUT2D eigenvalue weighted by atomic mass is 10.1. The average molecular weight is 742 g/mol. The molecule has 1 aromatic heterocycles. The summed E-state index contributed by atoms with van der Waals surface area (Å²) in [7, 11) is 1.58. The minimum Gasteiger partial charge on any atom is -0.497 e. The van der Waals surface area contributed by atoms with Crippen molar-refractivity contribution < 1.29 is 38.1 Å². The van der Waals surface area contributed by atoms with Crippen LogP contribution in [0.25, 0.3) is 22.2 Å². The number of nitrogens with zero attached hydrogens (tertiary/aromatic N) is 3. The van der Waals surface area contributed by atoms with E-state index >= 15 is 0 Å². The number of urea groups is 1. The summed E-state index contributed by atoms with van der Waals surface area (Å²) in [5, 5.41) is 4.79. The highest BCUT2D eigenvalue weighted by Gasteiger charge is 2.62. The van der Waals surface area contributed by atoms with Crippen LogP contribution in [0.3, 0.4) is 0 Å². The summed E-state index contributed by atoms with van der Waals surface area (Å²) in [5.41, 5.74) is 2.67. The highest BCUT2D eigenvalue weighted by atomic mass is 16.6. The van der Waals surface area contributed by atoms with Gasteiger partial charge in [-0.25, -0.2) is 29.8 Å². The Labute approximate surface area is 316 Å². The predicted molar refractivity (Wildman–Crippen MR) is 205 cm³/mol. The molecule has 1 aliphatic heterocycles. The second kappa shape index (κ2) is 17.0. The minimum absolute atomic E-state index is 0.00594. The number of aromatic nitrogens is 1. The molecule has 2 aliphatic rings. The number of rotatable bonds is 14. The van der Waals surface area contributed by atoms with Crippen LogP contribution in [0.4, 0.5) is 9.59 Å². The molecule has 2 fully saturated rings. The Hall–Kier alpha value is -5.59. The fourth-order valence-electron chi connectivity index (χ4n) is 6.57. The van der Waals surface area contributed by atoms with Gasteiger partial charge in [0, 0.05) is 42.0 Å². The molecule has 3 aromatic rings. The number of amides is 4. The lowest BCUT2D eigenvalue weighted by molar-refractivity contribution is -0.149. The van der Waals surface area contributed by atoms with E-state index in [0.717, 1.165) is 12.0 Å². The maximum Gasteiger partial charge on any atom is 0.426 e. The van der Waals surface area contributed by atoms with Gasteiger partial charge in [0.05, 0.1) is 31.5 Å². The Bertz CT molecular complexity index is 1860. The van der Waals surface area contributed by atoms with Gasteiger partial charge in [0.25, 0.3) is 0 Å². The third kappa shape index (κ3) is 9.31. The number of methoxy groups -OCH3 is 1. The zero-order valence-corrected chi connectivity index (χ0v) is 31.8. The molecule has 2 N–H and O–H groups in total. The minimum atomic E-state index is -1.29. The Morgan fingerprint density at radius 2 is 1.83 bits per heavy atom. The number of fused-ring (bicyclic) bond motifs is 1. The maximum atomic E-state index is 14.5. The Balaban J connectivity index is 1.49. The number of benzene rings is 2. The van der Waals surface area contributed by atoms with Crippen molar-refractivity contribution in [2.45, 2.75) is 83.1 Å². The second-order valence-corrected chi connectivity index (χ2v) is 14.5. The highest BCUT2D eigenvalue weighted by Crippen LogP contribution is 2.46. The van der Waals surface area contributed by atoms with Crippen LogP contribution >= 0.6 is 0 Å². The van der Waals surface area contributed by atoms with Crippen molar-refractivity contribution in [3.63, 3.8) is 0 Å². The molecular formula is C41H51N5O8. The Kier molecular flexibility index (Phi) is 12.5. The van der Waals surface area contributed by atoms with Crippen LogP contribution in [0.2, 0.25) is 0 Å². The third-order valence-corrected chi connectivity index (χ3v) is 9.33. The number of ether oxygens (including phenoxy) is 4. The molecule has 0 radical (unpaired) electrons. The van der Waals surface area contributed by atoms with Gasteiger partial charge in [-0.3, -0.25) is 4.79 Å². The first kappa shape index (κ1) is 39.6. The first-order valence-corrected chi connectivity index (χ1v) is 18.3. The monoisotopic (exact) mass is 741 g/mol. The van der Waals surface area contributed by atoms with Crippen molar-refractivity contribution in [3.8, 4) is 22.8 Å². The SMILES string of the molecule is C=CCCCCN(NC(=O)OC(C)(C)C)C(=O)N1CC(Oc2cc(-c3ccccc3)nc3cc(OC)ccc23)CC1C(=O)NC1(C(=O)OCC)CC1C=C. The fraction of sp³-hybridized carbons (Fsp3) is 0.439. The normalized spacial score (nSPS) is 20.4. The van der Waals surface area contributed by atoms with Gasteiger partial charge in [-0.15, -0.1) is 13.2 Å². The molecule has 4 amide bonds. The van der Waals surface area contributed by atoms with E-state index in [1.807, 2.05) is 54.6 Å². The largest absolute Gasteiger partial charge is 0.497 e. The van der Waals surface area contributed by atoms with Crippen molar-refractivity contribution in [3.05, 3.63) is 79.9 Å². The van der Waals surface area contributed by atoms with Gasteiger partial charge < -0.3 is 29.2 Å². The number of likely N-dealkylation sites (tertiary alicyclic amines) is 1. The van der Waals surface area contributed by atoms with E-state index in [-0.39, 0.29) is 32.0 Å². The number of pyridine rings is 1. The van der Waals surface area contributed by atoms with E-state index < -0.39 is 47.3 Å². The number of hydrogen-bond donors (Lipinski definition) is 2. The highest BCUT2D eigenvalue weighted by molar-refractivity contribution is 5.95. The van der Waals surface area contributed by atoms with E-state index in [0.29, 0.717) is 47.4 Å².